The Labute approximate surface area is 151 Å². The van der Waals surface area contributed by atoms with E-state index < -0.39 is 0 Å². The zero-order chi connectivity index (χ0) is 17.8. The molecule has 134 valence electrons. The molecule has 1 fully saturated rings. The number of aromatic nitrogens is 3. The highest BCUT2D eigenvalue weighted by atomic mass is 15.2. The zero-order valence-electron chi connectivity index (χ0n) is 15.9. The zero-order valence-corrected chi connectivity index (χ0v) is 15.9. The lowest BCUT2D eigenvalue weighted by Crippen LogP contribution is -2.40. The van der Waals surface area contributed by atoms with Gasteiger partial charge >= 0.3 is 0 Å². The van der Waals surface area contributed by atoms with Gasteiger partial charge in [0.1, 0.15) is 0 Å². The van der Waals surface area contributed by atoms with Gasteiger partial charge < -0.3 is 9.80 Å². The Morgan fingerprint density at radius 2 is 2.04 bits per heavy atom. The molecule has 0 saturated carbocycles. The molecule has 0 aromatic carbocycles. The largest absolute Gasteiger partial charge is 0.344 e. The van der Waals surface area contributed by atoms with Crippen molar-refractivity contribution in [2.75, 3.05) is 38.1 Å². The molecule has 0 radical (unpaired) electrons. The summed E-state index contributed by atoms with van der Waals surface area (Å²) in [6.45, 7) is 10.9. The van der Waals surface area contributed by atoms with Gasteiger partial charge in [-0.3, -0.25) is 4.98 Å². The molecule has 1 aliphatic rings. The van der Waals surface area contributed by atoms with E-state index in [1.54, 1.807) is 0 Å². The van der Waals surface area contributed by atoms with Crippen molar-refractivity contribution in [3.63, 3.8) is 0 Å². The van der Waals surface area contributed by atoms with Gasteiger partial charge in [-0.1, -0.05) is 6.92 Å². The Balaban J connectivity index is 1.74. The van der Waals surface area contributed by atoms with E-state index in [9.17, 15) is 0 Å². The fourth-order valence-corrected chi connectivity index (χ4v) is 3.70. The second kappa shape index (κ2) is 7.91. The van der Waals surface area contributed by atoms with Crippen LogP contribution in [0.4, 0.5) is 5.95 Å². The first-order valence-electron chi connectivity index (χ1n) is 9.28. The Hall–Kier alpha value is -2.01. The molecule has 1 unspecified atom stereocenters. The summed E-state index contributed by atoms with van der Waals surface area (Å²) in [7, 11) is 2.10. The molecular formula is C20H29N5. The molecule has 1 saturated heterocycles. The SMILES string of the molecule is CCN1CCCC(CN(C)c2nccc(-c3ccc(C)nc3C)n2)C1. The maximum atomic E-state index is 4.80. The van der Waals surface area contributed by atoms with Gasteiger partial charge in [-0.2, -0.15) is 0 Å². The molecule has 25 heavy (non-hydrogen) atoms. The van der Waals surface area contributed by atoms with E-state index in [0.717, 1.165) is 41.7 Å². The van der Waals surface area contributed by atoms with Gasteiger partial charge in [0, 0.05) is 43.3 Å². The van der Waals surface area contributed by atoms with Crippen LogP contribution in [-0.2, 0) is 0 Å². The summed E-state index contributed by atoms with van der Waals surface area (Å²) in [5.41, 5.74) is 4.07. The van der Waals surface area contributed by atoms with Gasteiger partial charge in [0.2, 0.25) is 5.95 Å². The van der Waals surface area contributed by atoms with E-state index in [1.165, 1.54) is 25.9 Å². The summed E-state index contributed by atoms with van der Waals surface area (Å²) in [4.78, 5) is 18.6. The average Bonchev–Trinajstić information content (AvgIpc) is 2.62. The van der Waals surface area contributed by atoms with Crippen molar-refractivity contribution in [3.05, 3.63) is 35.8 Å². The minimum atomic E-state index is 0.689. The minimum Gasteiger partial charge on any atom is -0.344 e. The van der Waals surface area contributed by atoms with E-state index in [1.807, 2.05) is 32.2 Å². The molecule has 0 aliphatic carbocycles. The lowest BCUT2D eigenvalue weighted by molar-refractivity contribution is 0.185. The Bertz CT molecular complexity index is 715. The lowest BCUT2D eigenvalue weighted by Gasteiger charge is -2.34. The Kier molecular flexibility index (Phi) is 5.63. The molecule has 3 rings (SSSR count). The van der Waals surface area contributed by atoms with Crippen LogP contribution in [0.3, 0.4) is 0 Å². The number of hydrogen-bond donors (Lipinski definition) is 0. The van der Waals surface area contributed by atoms with Crippen LogP contribution in [0.25, 0.3) is 11.3 Å². The second-order valence-corrected chi connectivity index (χ2v) is 7.11. The maximum Gasteiger partial charge on any atom is 0.225 e. The first-order chi connectivity index (χ1) is 12.1. The number of nitrogens with zero attached hydrogens (tertiary/aromatic N) is 5. The first-order valence-corrected chi connectivity index (χ1v) is 9.28. The number of rotatable bonds is 5. The Morgan fingerprint density at radius 1 is 1.20 bits per heavy atom. The standard InChI is InChI=1S/C20H29N5/c1-5-25-12-6-7-17(14-25)13-24(4)20-21-11-10-19(23-20)18-9-8-15(2)22-16(18)3/h8-11,17H,5-7,12-14H2,1-4H3. The quantitative estimate of drug-likeness (QED) is 0.836. The molecule has 0 amide bonds. The number of anilines is 1. The van der Waals surface area contributed by atoms with Crippen LogP contribution in [0.1, 0.15) is 31.2 Å². The first kappa shape index (κ1) is 17.8. The smallest absolute Gasteiger partial charge is 0.225 e. The number of pyridine rings is 1. The highest BCUT2D eigenvalue weighted by Gasteiger charge is 2.21. The van der Waals surface area contributed by atoms with Crippen LogP contribution in [0.15, 0.2) is 24.4 Å². The van der Waals surface area contributed by atoms with E-state index in [-0.39, 0.29) is 0 Å². The monoisotopic (exact) mass is 339 g/mol. The maximum absolute atomic E-state index is 4.80. The van der Waals surface area contributed by atoms with Crippen LogP contribution >= 0.6 is 0 Å². The van der Waals surface area contributed by atoms with Crippen LogP contribution < -0.4 is 4.90 Å². The molecule has 0 bridgehead atoms. The molecule has 1 aliphatic heterocycles. The molecular weight excluding hydrogens is 310 g/mol. The van der Waals surface area contributed by atoms with Gasteiger partial charge in [-0.15, -0.1) is 0 Å². The summed E-state index contributed by atoms with van der Waals surface area (Å²) in [6, 6.07) is 6.11. The van der Waals surface area contributed by atoms with Crippen molar-refractivity contribution >= 4 is 5.95 Å². The van der Waals surface area contributed by atoms with Gasteiger partial charge in [-0.25, -0.2) is 9.97 Å². The third-order valence-corrected chi connectivity index (χ3v) is 5.07. The molecule has 0 spiro atoms. The fraction of sp³-hybridized carbons (Fsp3) is 0.550. The third-order valence-electron chi connectivity index (χ3n) is 5.07. The van der Waals surface area contributed by atoms with Crippen LogP contribution in [0.2, 0.25) is 0 Å². The molecule has 5 nitrogen and oxygen atoms in total. The summed E-state index contributed by atoms with van der Waals surface area (Å²) in [5, 5.41) is 0. The van der Waals surface area contributed by atoms with Crippen molar-refractivity contribution in [2.24, 2.45) is 5.92 Å². The van der Waals surface area contributed by atoms with E-state index in [0.29, 0.717) is 5.92 Å². The molecule has 1 atom stereocenters. The van der Waals surface area contributed by atoms with Crippen LogP contribution in [0.5, 0.6) is 0 Å². The molecule has 0 N–H and O–H groups in total. The normalized spacial score (nSPS) is 18.3. The van der Waals surface area contributed by atoms with Crippen molar-refractivity contribution in [2.45, 2.75) is 33.6 Å². The molecule has 2 aromatic rings. The lowest BCUT2D eigenvalue weighted by atomic mass is 9.97. The summed E-state index contributed by atoms with van der Waals surface area (Å²) in [6.07, 6.45) is 4.44. The topological polar surface area (TPSA) is 45.2 Å². The van der Waals surface area contributed by atoms with Crippen molar-refractivity contribution in [3.8, 4) is 11.3 Å². The second-order valence-electron chi connectivity index (χ2n) is 7.11. The van der Waals surface area contributed by atoms with E-state index in [4.69, 9.17) is 4.98 Å². The highest BCUT2D eigenvalue weighted by Crippen LogP contribution is 2.23. The van der Waals surface area contributed by atoms with E-state index in [2.05, 4.69) is 39.8 Å². The van der Waals surface area contributed by atoms with Crippen molar-refractivity contribution < 1.29 is 0 Å². The van der Waals surface area contributed by atoms with Gasteiger partial charge in [-0.05, 0) is 63.9 Å². The molecule has 2 aromatic heterocycles. The van der Waals surface area contributed by atoms with E-state index >= 15 is 0 Å². The van der Waals surface area contributed by atoms with Crippen molar-refractivity contribution in [1.82, 2.24) is 19.9 Å². The van der Waals surface area contributed by atoms with Crippen molar-refractivity contribution in [1.29, 1.82) is 0 Å². The fourth-order valence-electron chi connectivity index (χ4n) is 3.70. The number of hydrogen-bond acceptors (Lipinski definition) is 5. The molecule has 3 heterocycles. The van der Waals surface area contributed by atoms with Crippen LogP contribution in [0, 0.1) is 19.8 Å². The average molecular weight is 339 g/mol. The summed E-state index contributed by atoms with van der Waals surface area (Å²) in [5.74, 6) is 1.49. The number of piperidine rings is 1. The number of likely N-dealkylation sites (tertiary alicyclic amines) is 1. The third kappa shape index (κ3) is 4.34. The predicted octanol–water partition coefficient (Wildman–Crippen LogP) is 3.32. The number of aryl methyl sites for hydroxylation is 2. The summed E-state index contributed by atoms with van der Waals surface area (Å²) >= 11 is 0. The van der Waals surface area contributed by atoms with Gasteiger partial charge in [0.25, 0.3) is 0 Å². The predicted molar refractivity (Wildman–Crippen MR) is 103 cm³/mol. The highest BCUT2D eigenvalue weighted by molar-refractivity contribution is 5.62. The molecule has 5 heteroatoms. The van der Waals surface area contributed by atoms with Gasteiger partial charge in [0.05, 0.1) is 5.69 Å². The van der Waals surface area contributed by atoms with Gasteiger partial charge in [0.15, 0.2) is 0 Å². The Morgan fingerprint density at radius 3 is 2.80 bits per heavy atom. The minimum absolute atomic E-state index is 0.689. The summed E-state index contributed by atoms with van der Waals surface area (Å²) < 4.78 is 0. The van der Waals surface area contributed by atoms with Crippen LogP contribution in [-0.4, -0.2) is 53.1 Å².